The molecule has 0 N–H and O–H groups in total. The summed E-state index contributed by atoms with van der Waals surface area (Å²) in [7, 11) is 6.31. The Labute approximate surface area is 424 Å². The Hall–Kier alpha value is -0.280. The van der Waals surface area contributed by atoms with Gasteiger partial charge in [-0.25, -0.2) is 0 Å². The molecule has 0 aliphatic rings. The Bertz CT molecular complexity index is 998. The average molecular weight is 947 g/mol. The molecule has 0 aromatic rings. The van der Waals surface area contributed by atoms with Crippen LogP contribution in [-0.4, -0.2) is 165 Å². The third-order valence-corrected chi connectivity index (χ3v) is 12.1. The van der Waals surface area contributed by atoms with Gasteiger partial charge in [-0.15, -0.1) is 0 Å². The fraction of sp³-hybridized carbons (Fsp3) is 1.00. The molecule has 0 rings (SSSR count). The standard InChI is InChI=1S/2C10H23N.2C9H21N.C8H19N.C7H17N.C6H15N/c1-8(2)11(9(3)4)10(5,6)7;1-6-8-11(9-7-2)10(3,4)5;1-7-10(8(2)3)9(4,5)6;1-6-8-10(7-2)9(3,4)5;1-6-9(7-2)8(3,4)5;1-6-8(5)7(2,3)4;1-6(2,3)7(4)5/h8-9H,1-7H3;6-9H2,1-5H3;8H,7H2,1-6H3;6-8H2,1-5H3;6-7H2,1-5H3;6H2,1-5H3;1-5H3. The average Bonchev–Trinajstić information content (AvgIpc) is 3.08. The molecule has 0 spiro atoms. The molecule has 0 heterocycles. The summed E-state index contributed by atoms with van der Waals surface area (Å²) < 4.78 is 0. The lowest BCUT2D eigenvalue weighted by molar-refractivity contribution is 0.0641. The van der Waals surface area contributed by atoms with E-state index in [9.17, 15) is 0 Å². The predicted molar refractivity (Wildman–Crippen MR) is 313 cm³/mol. The lowest BCUT2D eigenvalue weighted by Gasteiger charge is -2.42. The van der Waals surface area contributed by atoms with Crippen LogP contribution >= 0.6 is 0 Å². The fourth-order valence-electron chi connectivity index (χ4n) is 7.97. The first kappa shape index (κ1) is 79.8. The Morgan fingerprint density at radius 3 is 0.606 bits per heavy atom. The molecular formula is C59H139N7. The van der Waals surface area contributed by atoms with Crippen LogP contribution in [0.2, 0.25) is 0 Å². The van der Waals surface area contributed by atoms with Crippen molar-refractivity contribution in [2.24, 2.45) is 0 Å². The molecule has 0 radical (unpaired) electrons. The van der Waals surface area contributed by atoms with Crippen LogP contribution < -0.4 is 0 Å². The summed E-state index contributed by atoms with van der Waals surface area (Å²) >= 11 is 0. The van der Waals surface area contributed by atoms with Gasteiger partial charge in [-0.3, -0.25) is 24.5 Å². The highest BCUT2D eigenvalue weighted by Crippen LogP contribution is 2.20. The van der Waals surface area contributed by atoms with Gasteiger partial charge in [-0.05, 0) is 280 Å². The van der Waals surface area contributed by atoms with Crippen molar-refractivity contribution in [3.8, 4) is 0 Å². The lowest BCUT2D eigenvalue weighted by Crippen LogP contribution is -2.49. The Morgan fingerprint density at radius 1 is 0.288 bits per heavy atom. The molecule has 0 saturated heterocycles. The minimum Gasteiger partial charge on any atom is -0.305 e. The predicted octanol–water partition coefficient (Wildman–Crippen LogP) is 16.1. The zero-order valence-electron chi connectivity index (χ0n) is 54.1. The molecule has 0 amide bonds. The molecule has 0 fully saturated rings. The van der Waals surface area contributed by atoms with Crippen LogP contribution in [0.5, 0.6) is 0 Å². The summed E-state index contributed by atoms with van der Waals surface area (Å²) in [6, 6.07) is 1.93. The minimum atomic E-state index is 0.294. The molecule has 7 heteroatoms. The smallest absolute Gasteiger partial charge is 0.0130 e. The minimum absolute atomic E-state index is 0.294. The van der Waals surface area contributed by atoms with E-state index in [4.69, 9.17) is 0 Å². The van der Waals surface area contributed by atoms with E-state index in [1.807, 2.05) is 0 Å². The van der Waals surface area contributed by atoms with Crippen LogP contribution in [0.25, 0.3) is 0 Å². The summed E-state index contributed by atoms with van der Waals surface area (Å²) in [6.45, 7) is 87.9. The molecule has 0 aromatic carbocycles. The van der Waals surface area contributed by atoms with Gasteiger partial charge in [-0.2, -0.15) is 0 Å². The Kier molecular flexibility index (Phi) is 46.5. The topological polar surface area (TPSA) is 22.7 Å². The van der Waals surface area contributed by atoms with Gasteiger partial charge >= 0.3 is 0 Å². The van der Waals surface area contributed by atoms with Crippen molar-refractivity contribution >= 4 is 0 Å². The van der Waals surface area contributed by atoms with Crippen LogP contribution in [-0.2, 0) is 0 Å². The van der Waals surface area contributed by atoms with Crippen molar-refractivity contribution < 1.29 is 0 Å². The molecular weight excluding hydrogens is 807 g/mol. The first-order valence-corrected chi connectivity index (χ1v) is 27.3. The van der Waals surface area contributed by atoms with E-state index in [0.717, 1.165) is 32.7 Å². The SMILES string of the molecule is CC(C)N(C(C)C)C(C)(C)C.CCCN(CC)C(C)(C)C.CCCN(CCC)C(C)(C)C.CCN(C(C)C)C(C)(C)C.CCN(C)C(C)(C)C.CCN(CC)C(C)(C)C.CN(C)C(C)(C)C. The van der Waals surface area contributed by atoms with Crippen molar-refractivity contribution in [3.05, 3.63) is 0 Å². The van der Waals surface area contributed by atoms with Gasteiger partial charge < -0.3 is 9.80 Å². The maximum atomic E-state index is 2.55. The first-order valence-electron chi connectivity index (χ1n) is 27.3. The number of hydrogen-bond donors (Lipinski definition) is 0. The summed E-state index contributed by atoms with van der Waals surface area (Å²) in [5.74, 6) is 0. The van der Waals surface area contributed by atoms with Crippen LogP contribution in [0.15, 0.2) is 0 Å². The van der Waals surface area contributed by atoms with E-state index in [1.54, 1.807) is 0 Å². The van der Waals surface area contributed by atoms with Crippen LogP contribution in [0.4, 0.5) is 0 Å². The Morgan fingerprint density at radius 2 is 0.561 bits per heavy atom. The third-order valence-electron chi connectivity index (χ3n) is 12.1. The molecule has 0 unspecified atom stereocenters. The van der Waals surface area contributed by atoms with E-state index in [0.29, 0.717) is 56.9 Å². The lowest BCUT2D eigenvalue weighted by atomic mass is 10.0. The highest BCUT2D eigenvalue weighted by atomic mass is 15.2. The van der Waals surface area contributed by atoms with E-state index >= 15 is 0 Å². The molecule has 0 saturated carbocycles. The quantitative estimate of drug-likeness (QED) is 0.171. The van der Waals surface area contributed by atoms with Gasteiger partial charge in [0.1, 0.15) is 0 Å². The van der Waals surface area contributed by atoms with Gasteiger partial charge in [0.05, 0.1) is 0 Å². The molecule has 66 heavy (non-hydrogen) atoms. The highest BCUT2D eigenvalue weighted by Gasteiger charge is 2.26. The normalized spacial score (nSPS) is 12.9. The largest absolute Gasteiger partial charge is 0.305 e. The summed E-state index contributed by atoms with van der Waals surface area (Å²) in [5, 5.41) is 0. The van der Waals surface area contributed by atoms with Crippen LogP contribution in [0.3, 0.4) is 0 Å². The molecule has 0 atom stereocenters. The van der Waals surface area contributed by atoms with Gasteiger partial charge in [0.2, 0.25) is 0 Å². The second kappa shape index (κ2) is 38.4. The van der Waals surface area contributed by atoms with E-state index in [1.165, 1.54) is 38.9 Å². The van der Waals surface area contributed by atoms with Gasteiger partial charge in [0.25, 0.3) is 0 Å². The van der Waals surface area contributed by atoms with E-state index in [2.05, 4.69) is 298 Å². The number of rotatable bonds is 14. The molecule has 0 aliphatic heterocycles. The van der Waals surface area contributed by atoms with Crippen LogP contribution in [0.1, 0.15) is 262 Å². The Balaban J connectivity index is -0.000000124. The van der Waals surface area contributed by atoms with E-state index in [-0.39, 0.29) is 0 Å². The molecule has 410 valence electrons. The zero-order chi connectivity index (χ0) is 55.1. The maximum absolute atomic E-state index is 2.55. The monoisotopic (exact) mass is 946 g/mol. The molecule has 0 bridgehead atoms. The van der Waals surface area contributed by atoms with Crippen LogP contribution in [0, 0.1) is 0 Å². The highest BCUT2D eigenvalue weighted by molar-refractivity contribution is 4.82. The van der Waals surface area contributed by atoms with Crippen molar-refractivity contribution in [1.82, 2.24) is 34.3 Å². The van der Waals surface area contributed by atoms with Crippen molar-refractivity contribution in [2.45, 2.75) is 318 Å². The van der Waals surface area contributed by atoms with Crippen molar-refractivity contribution in [2.75, 3.05) is 73.5 Å². The maximum Gasteiger partial charge on any atom is 0.0130 e. The van der Waals surface area contributed by atoms with Gasteiger partial charge in [0, 0.05) is 56.9 Å². The fourth-order valence-corrected chi connectivity index (χ4v) is 7.97. The first-order chi connectivity index (χ1) is 29.1. The summed E-state index contributed by atoms with van der Waals surface area (Å²) in [5.41, 5.74) is 2.35. The van der Waals surface area contributed by atoms with Crippen molar-refractivity contribution in [1.29, 1.82) is 0 Å². The summed E-state index contributed by atoms with van der Waals surface area (Å²) in [4.78, 5) is 17.0. The summed E-state index contributed by atoms with van der Waals surface area (Å²) in [6.07, 6.45) is 3.78. The van der Waals surface area contributed by atoms with Crippen molar-refractivity contribution in [3.63, 3.8) is 0 Å². The second-order valence-corrected chi connectivity index (χ2v) is 26.3. The van der Waals surface area contributed by atoms with Gasteiger partial charge in [0.15, 0.2) is 0 Å². The molecule has 0 aromatic heterocycles. The van der Waals surface area contributed by atoms with E-state index < -0.39 is 0 Å². The number of hydrogen-bond acceptors (Lipinski definition) is 7. The third kappa shape index (κ3) is 47.4. The molecule has 0 aliphatic carbocycles. The molecule has 7 nitrogen and oxygen atoms in total. The zero-order valence-corrected chi connectivity index (χ0v) is 54.1. The van der Waals surface area contributed by atoms with Gasteiger partial charge in [-0.1, -0.05) is 55.4 Å². The second-order valence-electron chi connectivity index (χ2n) is 26.3. The number of nitrogens with zero attached hydrogens (tertiary/aromatic N) is 7.